The fourth-order valence-corrected chi connectivity index (χ4v) is 1.36. The summed E-state index contributed by atoms with van der Waals surface area (Å²) in [6.07, 6.45) is 0.577. The van der Waals surface area contributed by atoms with Crippen LogP contribution in [-0.2, 0) is 12.8 Å². The minimum absolute atomic E-state index is 0.437. The first-order chi connectivity index (χ1) is 8.02. The van der Waals surface area contributed by atoms with E-state index in [0.29, 0.717) is 5.75 Å². The Labute approximate surface area is 102 Å². The van der Waals surface area contributed by atoms with Gasteiger partial charge in [-0.3, -0.25) is 0 Å². The van der Waals surface area contributed by atoms with Crippen LogP contribution < -0.4 is 11.5 Å². The van der Waals surface area contributed by atoms with Crippen molar-refractivity contribution < 1.29 is 15.0 Å². The molecule has 0 unspecified atom stereocenters. The van der Waals surface area contributed by atoms with Crippen LogP contribution >= 0.6 is 0 Å². The number of aromatic hydroxyl groups is 1. The van der Waals surface area contributed by atoms with Crippen LogP contribution in [0.25, 0.3) is 0 Å². The van der Waals surface area contributed by atoms with Gasteiger partial charge in [-0.15, -0.1) is 0 Å². The number of nitrogens with two attached hydrogens (primary N) is 2. The summed E-state index contributed by atoms with van der Waals surface area (Å²) in [5.74, 6) is 0.437. The molecule has 0 radical (unpaired) electrons. The predicted octanol–water partition coefficient (Wildman–Crippen LogP) is 1.71. The number of phenolic OH excluding ortho intramolecular Hbond substituents is 1. The van der Waals surface area contributed by atoms with Crippen LogP contribution in [-0.4, -0.2) is 23.4 Å². The van der Waals surface area contributed by atoms with Crippen LogP contribution in [0.3, 0.4) is 0 Å². The normalized spacial score (nSPS) is 8.24. The molecule has 98 valence electrons. The van der Waals surface area contributed by atoms with Crippen molar-refractivity contribution >= 4 is 6.09 Å². The Hall–Kier alpha value is -1.75. The van der Waals surface area contributed by atoms with E-state index in [0.717, 1.165) is 18.4 Å². The van der Waals surface area contributed by atoms with Crippen molar-refractivity contribution in [2.24, 2.45) is 11.5 Å². The van der Waals surface area contributed by atoms with Gasteiger partial charge in [0.25, 0.3) is 0 Å². The van der Waals surface area contributed by atoms with E-state index in [2.05, 4.69) is 31.4 Å². The molecule has 0 bridgehead atoms. The first-order valence-corrected chi connectivity index (χ1v) is 5.38. The number of benzene rings is 1. The van der Waals surface area contributed by atoms with Gasteiger partial charge in [0, 0.05) is 0 Å². The van der Waals surface area contributed by atoms with Gasteiger partial charge in [0.1, 0.15) is 5.75 Å². The maximum absolute atomic E-state index is 9.42. The van der Waals surface area contributed by atoms with Crippen molar-refractivity contribution in [1.29, 1.82) is 0 Å². The van der Waals surface area contributed by atoms with Crippen LogP contribution in [0.1, 0.15) is 25.0 Å². The minimum atomic E-state index is -1.33. The van der Waals surface area contributed by atoms with Crippen molar-refractivity contribution in [3.8, 4) is 5.75 Å². The van der Waals surface area contributed by atoms with Gasteiger partial charge in [-0.2, -0.15) is 0 Å². The summed E-state index contributed by atoms with van der Waals surface area (Å²) < 4.78 is 0. The number of aryl methyl sites for hydroxylation is 1. The number of amides is 1. The molecule has 0 spiro atoms. The molecule has 0 aromatic heterocycles. The third kappa shape index (κ3) is 8.10. The average molecular weight is 242 g/mol. The molecular weight excluding hydrogens is 220 g/mol. The molecule has 0 aliphatic carbocycles. The van der Waals surface area contributed by atoms with E-state index in [1.54, 1.807) is 6.07 Å². The number of rotatable bonds is 2. The molecule has 0 atom stereocenters. The molecule has 1 aromatic carbocycles. The minimum Gasteiger partial charge on any atom is -0.508 e. The van der Waals surface area contributed by atoms with Gasteiger partial charge >= 0.3 is 6.09 Å². The highest BCUT2D eigenvalue weighted by Crippen LogP contribution is 2.21. The zero-order valence-corrected chi connectivity index (χ0v) is 10.6. The van der Waals surface area contributed by atoms with Gasteiger partial charge in [-0.25, -0.2) is 4.79 Å². The lowest BCUT2D eigenvalue weighted by atomic mass is 10.0. The molecule has 0 aliphatic heterocycles. The second-order valence-corrected chi connectivity index (χ2v) is 2.96. The topological polar surface area (TPSA) is 110 Å². The molecule has 17 heavy (non-hydrogen) atoms. The molecule has 5 nitrogen and oxygen atoms in total. The summed E-state index contributed by atoms with van der Waals surface area (Å²) in [6.45, 7) is 4.17. The van der Waals surface area contributed by atoms with Crippen LogP contribution in [0.15, 0.2) is 18.2 Å². The third-order valence-corrected chi connectivity index (χ3v) is 1.98. The highest BCUT2D eigenvalue weighted by atomic mass is 16.4. The van der Waals surface area contributed by atoms with Gasteiger partial charge < -0.3 is 21.7 Å². The highest BCUT2D eigenvalue weighted by molar-refractivity contribution is 5.61. The van der Waals surface area contributed by atoms with Crippen LogP contribution in [0, 0.1) is 0 Å². The van der Waals surface area contributed by atoms with Gasteiger partial charge in [0.2, 0.25) is 0 Å². The number of hydrogen-bond donors (Lipinski definition) is 4. The summed E-state index contributed by atoms with van der Waals surface area (Å²) in [5.41, 5.74) is 10.9. The molecule has 1 aromatic rings. The van der Waals surface area contributed by atoms with E-state index in [1.807, 2.05) is 6.07 Å². The molecule has 0 saturated heterocycles. The summed E-state index contributed by atoms with van der Waals surface area (Å²) in [5, 5.41) is 16.6. The molecule has 0 aliphatic rings. The van der Waals surface area contributed by atoms with E-state index in [-0.39, 0.29) is 0 Å². The monoisotopic (exact) mass is 242 g/mol. The lowest BCUT2D eigenvalue weighted by molar-refractivity contribution is 0.205. The maximum Gasteiger partial charge on any atom is 0.402 e. The number of primary amides is 1. The molecule has 0 fully saturated rings. The fraction of sp³-hybridized carbons (Fsp3) is 0.417. The van der Waals surface area contributed by atoms with Crippen molar-refractivity contribution in [2.45, 2.75) is 26.7 Å². The van der Waals surface area contributed by atoms with Crippen molar-refractivity contribution in [2.75, 3.05) is 7.05 Å². The number of hydrogen-bond acceptors (Lipinski definition) is 3. The zero-order chi connectivity index (χ0) is 13.8. The largest absolute Gasteiger partial charge is 0.508 e. The zero-order valence-electron chi connectivity index (χ0n) is 10.6. The van der Waals surface area contributed by atoms with Gasteiger partial charge in [-0.1, -0.05) is 26.0 Å². The quantitative estimate of drug-likeness (QED) is 0.632. The molecule has 0 heterocycles. The summed E-state index contributed by atoms with van der Waals surface area (Å²) >= 11 is 0. The Morgan fingerprint density at radius 2 is 1.71 bits per heavy atom. The van der Waals surface area contributed by atoms with Crippen molar-refractivity contribution in [3.63, 3.8) is 0 Å². The van der Waals surface area contributed by atoms with E-state index in [4.69, 9.17) is 9.90 Å². The maximum atomic E-state index is 9.42. The van der Waals surface area contributed by atoms with Crippen LogP contribution in [0.5, 0.6) is 5.75 Å². The summed E-state index contributed by atoms with van der Waals surface area (Å²) in [7, 11) is 1.50. The molecular formula is C12H22N2O3. The van der Waals surface area contributed by atoms with Crippen LogP contribution in [0.2, 0.25) is 0 Å². The first kappa shape index (κ1) is 17.6. The standard InChI is InChI=1S/C10H14O.CH3NO2.CH5N/c1-3-8-6-5-7-10(11)9(8)4-2;2-1(3)4;1-2/h5-7,11H,3-4H2,1-2H3;2H2,(H,3,4);2H2,1H3. The second-order valence-electron chi connectivity index (χ2n) is 2.96. The summed E-state index contributed by atoms with van der Waals surface area (Å²) in [6, 6.07) is 5.71. The second kappa shape index (κ2) is 10.8. The van der Waals surface area contributed by atoms with Gasteiger partial charge in [0.15, 0.2) is 0 Å². The molecule has 6 N–H and O–H groups in total. The Balaban J connectivity index is 0. The van der Waals surface area contributed by atoms with E-state index >= 15 is 0 Å². The SMILES string of the molecule is CCc1cccc(O)c1CC.CN.NC(=O)O. The van der Waals surface area contributed by atoms with E-state index in [9.17, 15) is 5.11 Å². The molecule has 1 amide bonds. The third-order valence-electron chi connectivity index (χ3n) is 1.98. The van der Waals surface area contributed by atoms with Gasteiger partial charge in [-0.05, 0) is 37.1 Å². The lowest BCUT2D eigenvalue weighted by Gasteiger charge is -2.06. The number of carbonyl (C=O) groups is 1. The number of phenols is 1. The average Bonchev–Trinajstić information content (AvgIpc) is 2.30. The van der Waals surface area contributed by atoms with Crippen molar-refractivity contribution in [3.05, 3.63) is 29.3 Å². The fourth-order valence-electron chi connectivity index (χ4n) is 1.36. The summed E-state index contributed by atoms with van der Waals surface area (Å²) in [4.78, 5) is 8.78. The molecule has 1 rings (SSSR count). The first-order valence-electron chi connectivity index (χ1n) is 5.38. The predicted molar refractivity (Wildman–Crippen MR) is 69.2 cm³/mol. The van der Waals surface area contributed by atoms with Crippen molar-refractivity contribution in [1.82, 2.24) is 0 Å². The van der Waals surface area contributed by atoms with Crippen LogP contribution in [0.4, 0.5) is 4.79 Å². The van der Waals surface area contributed by atoms with E-state index in [1.165, 1.54) is 12.6 Å². The Morgan fingerprint density at radius 3 is 2.00 bits per heavy atom. The Bertz CT molecular complexity index is 324. The van der Waals surface area contributed by atoms with Gasteiger partial charge in [0.05, 0.1) is 0 Å². The lowest BCUT2D eigenvalue weighted by Crippen LogP contribution is -2.03. The number of carboxylic acid groups (broad SMARTS) is 1. The van der Waals surface area contributed by atoms with E-state index < -0.39 is 6.09 Å². The smallest absolute Gasteiger partial charge is 0.402 e. The molecule has 5 heteroatoms. The highest BCUT2D eigenvalue weighted by Gasteiger charge is 2.02. The Morgan fingerprint density at radius 1 is 1.24 bits per heavy atom. The molecule has 0 saturated carbocycles. The Kier molecular flexibility index (Phi) is 11.2.